The summed E-state index contributed by atoms with van der Waals surface area (Å²) in [7, 11) is 0. The number of hydrogen-bond donors (Lipinski definition) is 3. The molecule has 1 aliphatic heterocycles. The molecule has 4 N–H and O–H groups in total. The average molecular weight is 579 g/mol. The van der Waals surface area contributed by atoms with Crippen molar-refractivity contribution < 1.29 is 18.0 Å². The first-order valence-corrected chi connectivity index (χ1v) is 14.3. The lowest BCUT2D eigenvalue weighted by molar-refractivity contribution is -0.137. The molecule has 3 aliphatic rings. The molecule has 0 saturated heterocycles. The lowest BCUT2D eigenvalue weighted by atomic mass is 9.89. The number of aryl methyl sites for hydroxylation is 2. The Labute approximate surface area is 244 Å². The number of hydrogen-bond acceptors (Lipinski definition) is 6. The molecule has 3 aromatic rings. The first kappa shape index (κ1) is 30.9. The molecule has 222 valence electrons. The fourth-order valence-corrected chi connectivity index (χ4v) is 5.10. The number of pyridine rings is 2. The number of carbonyl (C=O) groups excluding carboxylic acids is 1. The van der Waals surface area contributed by atoms with Gasteiger partial charge in [0.05, 0.1) is 34.6 Å². The highest BCUT2D eigenvalue weighted by Crippen LogP contribution is 2.49. The normalized spacial score (nSPS) is 16.1. The van der Waals surface area contributed by atoms with Gasteiger partial charge in [0.2, 0.25) is 5.91 Å². The molecule has 7 nitrogen and oxygen atoms in total. The predicted molar refractivity (Wildman–Crippen MR) is 158 cm³/mol. The third kappa shape index (κ3) is 6.87. The summed E-state index contributed by atoms with van der Waals surface area (Å²) in [6.07, 6.45) is 4.70. The molecule has 0 bridgehead atoms. The zero-order valence-electron chi connectivity index (χ0n) is 24.0. The highest BCUT2D eigenvalue weighted by molar-refractivity contribution is 6.07. The minimum atomic E-state index is -4.44. The Hall–Kier alpha value is -4.05. The zero-order chi connectivity index (χ0) is 30.3. The van der Waals surface area contributed by atoms with Gasteiger partial charge in [-0.25, -0.2) is 0 Å². The molecule has 1 fully saturated rings. The number of hydrazone groups is 1. The Balaban J connectivity index is 0.000000281. The van der Waals surface area contributed by atoms with E-state index in [2.05, 4.69) is 38.5 Å². The molecule has 2 aliphatic carbocycles. The van der Waals surface area contributed by atoms with Crippen molar-refractivity contribution in [3.63, 3.8) is 0 Å². The fourth-order valence-electron chi connectivity index (χ4n) is 5.10. The zero-order valence-corrected chi connectivity index (χ0v) is 24.0. The minimum Gasteiger partial charge on any atom is -0.350 e. The lowest BCUT2D eigenvalue weighted by Gasteiger charge is -2.22. The fraction of sp³-hybridized carbons (Fsp3) is 0.375. The monoisotopic (exact) mass is 578 g/mol. The van der Waals surface area contributed by atoms with Crippen LogP contribution >= 0.6 is 0 Å². The third-order valence-electron chi connectivity index (χ3n) is 7.59. The smallest absolute Gasteiger partial charge is 0.350 e. The van der Waals surface area contributed by atoms with Crippen molar-refractivity contribution in [2.24, 2.45) is 10.8 Å². The van der Waals surface area contributed by atoms with E-state index in [1.54, 1.807) is 0 Å². The number of fused-ring (bicyclic) bond motifs is 2. The maximum Gasteiger partial charge on any atom is 0.417 e. The van der Waals surface area contributed by atoms with Gasteiger partial charge in [-0.2, -0.15) is 18.3 Å². The number of carbonyl (C=O) groups is 1. The second-order valence-corrected chi connectivity index (χ2v) is 10.2. The van der Waals surface area contributed by atoms with Crippen LogP contribution in [0.15, 0.2) is 66.5 Å². The number of nitrogens with one attached hydrogen (secondary N) is 2. The van der Waals surface area contributed by atoms with Crippen LogP contribution in [-0.4, -0.2) is 28.1 Å². The first-order chi connectivity index (χ1) is 20.2. The maximum atomic E-state index is 12.9. The topological polar surface area (TPSA) is 105 Å². The van der Waals surface area contributed by atoms with E-state index in [1.165, 1.54) is 43.0 Å². The molecule has 0 spiro atoms. The molecular formula is C32H37F3N6O. The van der Waals surface area contributed by atoms with Crippen molar-refractivity contribution in [2.45, 2.75) is 70.5 Å². The number of aromatic nitrogens is 2. The van der Waals surface area contributed by atoms with Crippen LogP contribution in [0.4, 0.5) is 13.2 Å². The van der Waals surface area contributed by atoms with Crippen LogP contribution in [0.3, 0.4) is 0 Å². The second kappa shape index (κ2) is 13.3. The predicted octanol–water partition coefficient (Wildman–Crippen LogP) is 5.67. The number of benzene rings is 1. The van der Waals surface area contributed by atoms with Gasteiger partial charge >= 0.3 is 6.18 Å². The Kier molecular flexibility index (Phi) is 9.78. The van der Waals surface area contributed by atoms with E-state index in [0.717, 1.165) is 29.0 Å². The number of alkyl halides is 3. The van der Waals surface area contributed by atoms with Gasteiger partial charge in [0, 0.05) is 35.8 Å². The number of rotatable bonds is 5. The molecule has 1 saturated carbocycles. The van der Waals surface area contributed by atoms with Crippen molar-refractivity contribution in [3.05, 3.63) is 101 Å². The van der Waals surface area contributed by atoms with Gasteiger partial charge in [0.1, 0.15) is 0 Å². The average Bonchev–Trinajstić information content (AvgIpc) is 3.83. The minimum absolute atomic E-state index is 0.0555. The molecule has 42 heavy (non-hydrogen) atoms. The quantitative estimate of drug-likeness (QED) is 0.362. The Morgan fingerprint density at radius 2 is 1.83 bits per heavy atom. The second-order valence-electron chi connectivity index (χ2n) is 10.2. The van der Waals surface area contributed by atoms with Crippen LogP contribution in [0.1, 0.15) is 78.7 Å². The Morgan fingerprint density at radius 3 is 2.48 bits per heavy atom. The number of halogens is 3. The molecule has 2 aromatic heterocycles. The summed E-state index contributed by atoms with van der Waals surface area (Å²) >= 11 is 0. The van der Waals surface area contributed by atoms with Crippen molar-refractivity contribution in [3.8, 4) is 0 Å². The molecule has 0 atom stereocenters. The summed E-state index contributed by atoms with van der Waals surface area (Å²) in [4.78, 5) is 21.0. The number of amides is 1. The van der Waals surface area contributed by atoms with E-state index < -0.39 is 17.2 Å². The first-order valence-electron chi connectivity index (χ1n) is 14.3. The van der Waals surface area contributed by atoms with E-state index in [1.807, 2.05) is 44.3 Å². The highest BCUT2D eigenvalue weighted by atomic mass is 19.4. The molecule has 1 amide bonds. The van der Waals surface area contributed by atoms with Crippen molar-refractivity contribution in [2.75, 3.05) is 6.54 Å². The van der Waals surface area contributed by atoms with Gasteiger partial charge in [-0.1, -0.05) is 38.6 Å². The van der Waals surface area contributed by atoms with Gasteiger partial charge in [-0.05, 0) is 73.9 Å². The molecule has 3 heterocycles. The molecule has 0 unspecified atom stereocenters. The van der Waals surface area contributed by atoms with Crippen LogP contribution in [-0.2, 0) is 35.8 Å². The molecular weight excluding hydrogens is 541 g/mol. The van der Waals surface area contributed by atoms with E-state index in [0.29, 0.717) is 29.9 Å². The van der Waals surface area contributed by atoms with Gasteiger partial charge in [0.15, 0.2) is 0 Å². The summed E-state index contributed by atoms with van der Waals surface area (Å²) < 4.78 is 37.9. The summed E-state index contributed by atoms with van der Waals surface area (Å²) in [6.45, 7) is 8.24. The third-order valence-corrected chi connectivity index (χ3v) is 7.59. The van der Waals surface area contributed by atoms with Gasteiger partial charge < -0.3 is 11.1 Å². The van der Waals surface area contributed by atoms with E-state index in [-0.39, 0.29) is 19.0 Å². The van der Waals surface area contributed by atoms with Gasteiger partial charge in [-0.3, -0.25) is 20.2 Å². The van der Waals surface area contributed by atoms with Crippen LogP contribution in [0.2, 0.25) is 0 Å². The van der Waals surface area contributed by atoms with Crippen LogP contribution in [0.25, 0.3) is 5.70 Å². The maximum absolute atomic E-state index is 12.9. The van der Waals surface area contributed by atoms with Crippen LogP contribution in [0.5, 0.6) is 0 Å². The standard InChI is InChI=1S/C21H20F3N5O.C9H11N.C2H6/c1-12-16-5-3-13(8-17(16)18(9-25)29-28-12)20(6-7-20)19(30)27-11-15-4-2-14(10-26-15)21(22,23)24;1-2-6-9-8(4-1)5-3-7-10-9;1-2/h2-5,8,10,28H,1,6-7,9,11,25H2,(H,27,30);3,5,7H,1-2,4,6H2;1-2H3. The Bertz CT molecular complexity index is 1420. The number of nitrogens with two attached hydrogens (primary N) is 1. The van der Waals surface area contributed by atoms with Gasteiger partial charge in [-0.15, -0.1) is 0 Å². The van der Waals surface area contributed by atoms with Crippen molar-refractivity contribution in [1.29, 1.82) is 0 Å². The SMILES string of the molecule is C=C1NN=C(CN)c2cc(C3(C(=O)NCc4ccc(C(F)(F)F)cn4)CC3)ccc21.CC.c1cnc2c(c1)CCCC2. The van der Waals surface area contributed by atoms with Crippen molar-refractivity contribution in [1.82, 2.24) is 20.7 Å². The van der Waals surface area contributed by atoms with Crippen molar-refractivity contribution >= 4 is 17.3 Å². The van der Waals surface area contributed by atoms with E-state index >= 15 is 0 Å². The van der Waals surface area contributed by atoms with E-state index in [9.17, 15) is 18.0 Å². The summed E-state index contributed by atoms with van der Waals surface area (Å²) in [5.74, 6) is -0.178. The summed E-state index contributed by atoms with van der Waals surface area (Å²) in [5.41, 5.74) is 14.2. The van der Waals surface area contributed by atoms with Crippen LogP contribution < -0.4 is 16.5 Å². The molecule has 6 rings (SSSR count). The molecule has 0 radical (unpaired) electrons. The molecule has 1 aromatic carbocycles. The summed E-state index contributed by atoms with van der Waals surface area (Å²) in [6, 6.07) is 12.2. The molecule has 10 heteroatoms. The highest BCUT2D eigenvalue weighted by Gasteiger charge is 2.51. The van der Waals surface area contributed by atoms with Crippen LogP contribution in [0, 0.1) is 0 Å². The van der Waals surface area contributed by atoms with Gasteiger partial charge in [0.25, 0.3) is 0 Å². The largest absolute Gasteiger partial charge is 0.417 e. The lowest BCUT2D eigenvalue weighted by Crippen LogP contribution is -2.35. The summed E-state index contributed by atoms with van der Waals surface area (Å²) in [5, 5.41) is 7.02. The Morgan fingerprint density at radius 1 is 1.07 bits per heavy atom. The number of nitrogens with zero attached hydrogens (tertiary/aromatic N) is 3. The van der Waals surface area contributed by atoms with E-state index in [4.69, 9.17) is 5.73 Å².